The number of carbonyl (C=O) groups excluding carboxylic acids is 1. The summed E-state index contributed by atoms with van der Waals surface area (Å²) in [6.07, 6.45) is 0.923. The standard InChI is InChI=1S/C16H26N2O2/c1-4-10-18-16(15(17)19,12-20-11-13(2)3)14-8-6-5-7-9-14/h5-9,13,18H,4,10-12H2,1-3H3,(H2,17,19). The minimum Gasteiger partial charge on any atom is -0.378 e. The number of nitrogens with one attached hydrogen (secondary N) is 1. The number of amides is 1. The lowest BCUT2D eigenvalue weighted by molar-refractivity contribution is -0.128. The van der Waals surface area contributed by atoms with E-state index in [0.717, 1.165) is 12.0 Å². The van der Waals surface area contributed by atoms with Gasteiger partial charge in [0, 0.05) is 6.61 Å². The fourth-order valence-corrected chi connectivity index (χ4v) is 2.05. The number of rotatable bonds is 9. The van der Waals surface area contributed by atoms with Crippen LogP contribution in [0.3, 0.4) is 0 Å². The molecule has 0 fully saturated rings. The van der Waals surface area contributed by atoms with Gasteiger partial charge in [0.25, 0.3) is 0 Å². The predicted octanol–water partition coefficient (Wildman–Crippen LogP) is 2.04. The quantitative estimate of drug-likeness (QED) is 0.726. The van der Waals surface area contributed by atoms with Crippen LogP contribution in [0.4, 0.5) is 0 Å². The summed E-state index contributed by atoms with van der Waals surface area (Å²) >= 11 is 0. The largest absolute Gasteiger partial charge is 0.378 e. The van der Waals surface area contributed by atoms with Crippen LogP contribution in [-0.2, 0) is 15.1 Å². The van der Waals surface area contributed by atoms with Crippen LogP contribution in [0.15, 0.2) is 30.3 Å². The maximum atomic E-state index is 12.1. The van der Waals surface area contributed by atoms with Gasteiger partial charge < -0.3 is 10.5 Å². The first kappa shape index (κ1) is 16.7. The van der Waals surface area contributed by atoms with Crippen molar-refractivity contribution in [1.29, 1.82) is 0 Å². The third-order valence-corrected chi connectivity index (χ3v) is 3.13. The van der Waals surface area contributed by atoms with Gasteiger partial charge in [0.2, 0.25) is 5.91 Å². The molecule has 0 spiro atoms. The second kappa shape index (κ2) is 8.02. The highest BCUT2D eigenvalue weighted by Crippen LogP contribution is 2.22. The van der Waals surface area contributed by atoms with E-state index < -0.39 is 11.4 Å². The smallest absolute Gasteiger partial charge is 0.244 e. The molecule has 112 valence electrons. The Morgan fingerprint density at radius 1 is 1.35 bits per heavy atom. The number of hydrogen-bond donors (Lipinski definition) is 2. The van der Waals surface area contributed by atoms with Gasteiger partial charge in [-0.2, -0.15) is 0 Å². The van der Waals surface area contributed by atoms with Gasteiger partial charge >= 0.3 is 0 Å². The Bertz CT molecular complexity index is 406. The third kappa shape index (κ3) is 4.32. The number of nitrogens with two attached hydrogens (primary N) is 1. The van der Waals surface area contributed by atoms with E-state index in [0.29, 0.717) is 19.1 Å². The van der Waals surface area contributed by atoms with Crippen molar-refractivity contribution in [2.45, 2.75) is 32.7 Å². The van der Waals surface area contributed by atoms with Crippen LogP contribution < -0.4 is 11.1 Å². The van der Waals surface area contributed by atoms with Crippen LogP contribution in [0.1, 0.15) is 32.8 Å². The normalized spacial score (nSPS) is 14.2. The highest BCUT2D eigenvalue weighted by atomic mass is 16.5. The Kier molecular flexibility index (Phi) is 6.68. The van der Waals surface area contributed by atoms with E-state index in [1.807, 2.05) is 30.3 Å². The van der Waals surface area contributed by atoms with Gasteiger partial charge in [0.05, 0.1) is 6.61 Å². The molecule has 4 nitrogen and oxygen atoms in total. The van der Waals surface area contributed by atoms with Crippen molar-refractivity contribution in [2.24, 2.45) is 11.7 Å². The van der Waals surface area contributed by atoms with Crippen LogP contribution in [0, 0.1) is 5.92 Å². The summed E-state index contributed by atoms with van der Waals surface area (Å²) in [4.78, 5) is 12.1. The summed E-state index contributed by atoms with van der Waals surface area (Å²) < 4.78 is 5.71. The van der Waals surface area contributed by atoms with Crippen molar-refractivity contribution in [3.05, 3.63) is 35.9 Å². The molecule has 1 rings (SSSR count). The maximum Gasteiger partial charge on any atom is 0.244 e. The van der Waals surface area contributed by atoms with Crippen molar-refractivity contribution in [3.63, 3.8) is 0 Å². The predicted molar refractivity (Wildman–Crippen MR) is 81.3 cm³/mol. The Morgan fingerprint density at radius 2 is 2.00 bits per heavy atom. The average Bonchev–Trinajstić information content (AvgIpc) is 2.43. The first-order valence-corrected chi connectivity index (χ1v) is 7.21. The summed E-state index contributed by atoms with van der Waals surface area (Å²) in [6, 6.07) is 9.55. The van der Waals surface area contributed by atoms with Gasteiger partial charge in [-0.15, -0.1) is 0 Å². The van der Waals surface area contributed by atoms with Crippen molar-refractivity contribution in [3.8, 4) is 0 Å². The first-order chi connectivity index (χ1) is 9.53. The zero-order chi connectivity index (χ0) is 15.0. The second-order valence-electron chi connectivity index (χ2n) is 5.47. The molecule has 0 aliphatic rings. The van der Waals surface area contributed by atoms with Crippen molar-refractivity contribution >= 4 is 5.91 Å². The molecule has 0 bridgehead atoms. The van der Waals surface area contributed by atoms with Gasteiger partial charge in [0.1, 0.15) is 5.54 Å². The molecule has 3 N–H and O–H groups in total. The van der Waals surface area contributed by atoms with E-state index in [1.54, 1.807) is 0 Å². The molecule has 20 heavy (non-hydrogen) atoms. The second-order valence-corrected chi connectivity index (χ2v) is 5.47. The van der Waals surface area contributed by atoms with Gasteiger partial charge in [-0.25, -0.2) is 0 Å². The lowest BCUT2D eigenvalue weighted by atomic mass is 9.89. The zero-order valence-electron chi connectivity index (χ0n) is 12.7. The van der Waals surface area contributed by atoms with Gasteiger partial charge in [-0.05, 0) is 24.4 Å². The number of primary amides is 1. The molecular formula is C16H26N2O2. The van der Waals surface area contributed by atoms with Crippen LogP contribution in [0.25, 0.3) is 0 Å². The van der Waals surface area contributed by atoms with Gasteiger partial charge in [-0.3, -0.25) is 10.1 Å². The minimum atomic E-state index is -0.952. The van der Waals surface area contributed by atoms with Crippen LogP contribution in [0.5, 0.6) is 0 Å². The van der Waals surface area contributed by atoms with Gasteiger partial charge in [-0.1, -0.05) is 51.1 Å². The van der Waals surface area contributed by atoms with Crippen molar-refractivity contribution in [2.75, 3.05) is 19.8 Å². The molecule has 1 aromatic carbocycles. The molecule has 0 heterocycles. The lowest BCUT2D eigenvalue weighted by Gasteiger charge is -2.32. The molecule has 0 aliphatic heterocycles. The number of carbonyl (C=O) groups is 1. The Hall–Kier alpha value is -1.39. The molecule has 0 aliphatic carbocycles. The molecule has 0 aromatic heterocycles. The van der Waals surface area contributed by atoms with E-state index >= 15 is 0 Å². The van der Waals surface area contributed by atoms with Crippen LogP contribution in [-0.4, -0.2) is 25.7 Å². The number of benzene rings is 1. The topological polar surface area (TPSA) is 64.3 Å². The van der Waals surface area contributed by atoms with E-state index in [-0.39, 0.29) is 6.61 Å². The molecule has 1 amide bonds. The summed E-state index contributed by atoms with van der Waals surface area (Å²) in [6.45, 7) is 7.78. The molecule has 1 unspecified atom stereocenters. The minimum absolute atomic E-state index is 0.254. The SMILES string of the molecule is CCCNC(COCC(C)C)(C(N)=O)c1ccccc1. The summed E-state index contributed by atoms with van der Waals surface area (Å²) in [5, 5.41) is 3.27. The average molecular weight is 278 g/mol. The molecule has 0 saturated heterocycles. The van der Waals surface area contributed by atoms with E-state index in [2.05, 4.69) is 26.1 Å². The van der Waals surface area contributed by atoms with E-state index in [9.17, 15) is 4.79 Å². The third-order valence-electron chi connectivity index (χ3n) is 3.13. The molecule has 4 heteroatoms. The summed E-state index contributed by atoms with van der Waals surface area (Å²) in [5.41, 5.74) is 5.58. The fraction of sp³-hybridized carbons (Fsp3) is 0.562. The fourth-order valence-electron chi connectivity index (χ4n) is 2.05. The van der Waals surface area contributed by atoms with Gasteiger partial charge in [0.15, 0.2) is 0 Å². The molecular weight excluding hydrogens is 252 g/mol. The number of ether oxygens (including phenoxy) is 1. The van der Waals surface area contributed by atoms with E-state index in [4.69, 9.17) is 10.5 Å². The number of hydrogen-bond acceptors (Lipinski definition) is 3. The van der Waals surface area contributed by atoms with Crippen molar-refractivity contribution in [1.82, 2.24) is 5.32 Å². The Labute approximate surface area is 121 Å². The first-order valence-electron chi connectivity index (χ1n) is 7.21. The Morgan fingerprint density at radius 3 is 2.50 bits per heavy atom. The zero-order valence-corrected chi connectivity index (χ0v) is 12.7. The summed E-state index contributed by atoms with van der Waals surface area (Å²) in [7, 11) is 0. The van der Waals surface area contributed by atoms with E-state index in [1.165, 1.54) is 0 Å². The molecule has 1 aromatic rings. The highest BCUT2D eigenvalue weighted by Gasteiger charge is 2.38. The van der Waals surface area contributed by atoms with Crippen LogP contribution >= 0.6 is 0 Å². The Balaban J connectivity index is 2.98. The van der Waals surface area contributed by atoms with Crippen molar-refractivity contribution < 1.29 is 9.53 Å². The molecule has 0 saturated carbocycles. The maximum absolute atomic E-state index is 12.1. The lowest BCUT2D eigenvalue weighted by Crippen LogP contribution is -2.56. The molecule has 1 atom stereocenters. The van der Waals surface area contributed by atoms with Crippen LogP contribution in [0.2, 0.25) is 0 Å². The summed E-state index contributed by atoms with van der Waals surface area (Å²) in [5.74, 6) is 0.0171. The monoisotopic (exact) mass is 278 g/mol. The highest BCUT2D eigenvalue weighted by molar-refractivity contribution is 5.86. The molecule has 0 radical (unpaired) electrons.